The Morgan fingerprint density at radius 2 is 2.31 bits per heavy atom. The second kappa shape index (κ2) is 4.93. The van der Waals surface area contributed by atoms with Crippen LogP contribution in [0.15, 0.2) is 0 Å². The fraction of sp³-hybridized carbons (Fsp3) is 0.818. The second-order valence-electron chi connectivity index (χ2n) is 4.64. The number of hydrogen-bond acceptors (Lipinski definition) is 4. The Balaban J connectivity index is 2.17. The molecule has 1 aromatic heterocycles. The Morgan fingerprint density at radius 1 is 1.56 bits per heavy atom. The lowest BCUT2D eigenvalue weighted by Crippen LogP contribution is -2.14. The van der Waals surface area contributed by atoms with Gasteiger partial charge >= 0.3 is 0 Å². The first-order valence-corrected chi connectivity index (χ1v) is 6.00. The summed E-state index contributed by atoms with van der Waals surface area (Å²) in [7, 11) is 0. The average molecular weight is 224 g/mol. The lowest BCUT2D eigenvalue weighted by Gasteiger charge is -2.13. The van der Waals surface area contributed by atoms with E-state index in [1.807, 2.05) is 4.68 Å². The van der Waals surface area contributed by atoms with Gasteiger partial charge in [0.2, 0.25) is 0 Å². The molecule has 1 heterocycles. The van der Waals surface area contributed by atoms with Crippen LogP contribution in [-0.2, 0) is 13.0 Å². The number of nitrogens with two attached hydrogens (primary N) is 1. The van der Waals surface area contributed by atoms with E-state index in [0.29, 0.717) is 13.0 Å². The third-order valence-corrected chi connectivity index (χ3v) is 3.21. The molecule has 1 saturated carbocycles. The van der Waals surface area contributed by atoms with Crippen LogP contribution in [-0.4, -0.2) is 26.7 Å². The van der Waals surface area contributed by atoms with Crippen LogP contribution in [0.1, 0.15) is 43.6 Å². The molecule has 0 radical (unpaired) electrons. The molecule has 5 nitrogen and oxygen atoms in total. The SMILES string of the molecule is CC(CCO)n1nnc(CN)c1CC1CC1. The molecule has 5 heteroatoms. The summed E-state index contributed by atoms with van der Waals surface area (Å²) in [6.07, 6.45) is 4.37. The van der Waals surface area contributed by atoms with Gasteiger partial charge in [-0.25, -0.2) is 4.68 Å². The predicted molar refractivity (Wildman–Crippen MR) is 60.8 cm³/mol. The molecule has 1 unspecified atom stereocenters. The van der Waals surface area contributed by atoms with Crippen LogP contribution in [0, 0.1) is 5.92 Å². The zero-order valence-corrected chi connectivity index (χ0v) is 9.76. The van der Waals surface area contributed by atoms with Crippen LogP contribution in [0.25, 0.3) is 0 Å². The molecule has 1 atom stereocenters. The van der Waals surface area contributed by atoms with Gasteiger partial charge in [-0.1, -0.05) is 5.21 Å². The molecule has 1 fully saturated rings. The van der Waals surface area contributed by atoms with Gasteiger partial charge in [0, 0.05) is 13.2 Å². The fourth-order valence-corrected chi connectivity index (χ4v) is 1.97. The van der Waals surface area contributed by atoms with Crippen molar-refractivity contribution in [2.45, 2.75) is 45.2 Å². The lowest BCUT2D eigenvalue weighted by molar-refractivity contribution is 0.254. The van der Waals surface area contributed by atoms with Crippen molar-refractivity contribution in [2.24, 2.45) is 11.7 Å². The number of aliphatic hydroxyl groups excluding tert-OH is 1. The van der Waals surface area contributed by atoms with E-state index in [1.165, 1.54) is 18.5 Å². The summed E-state index contributed by atoms with van der Waals surface area (Å²) in [6.45, 7) is 2.69. The van der Waals surface area contributed by atoms with E-state index >= 15 is 0 Å². The minimum Gasteiger partial charge on any atom is -0.396 e. The number of aromatic nitrogens is 3. The number of hydrogen-bond donors (Lipinski definition) is 2. The lowest BCUT2D eigenvalue weighted by atomic mass is 10.1. The largest absolute Gasteiger partial charge is 0.396 e. The highest BCUT2D eigenvalue weighted by atomic mass is 16.3. The highest BCUT2D eigenvalue weighted by molar-refractivity contribution is 5.12. The molecule has 0 amide bonds. The second-order valence-corrected chi connectivity index (χ2v) is 4.64. The van der Waals surface area contributed by atoms with Crippen LogP contribution in [0.2, 0.25) is 0 Å². The van der Waals surface area contributed by atoms with Gasteiger partial charge in [0.15, 0.2) is 0 Å². The molecule has 90 valence electrons. The van der Waals surface area contributed by atoms with Crippen molar-refractivity contribution in [1.29, 1.82) is 0 Å². The summed E-state index contributed by atoms with van der Waals surface area (Å²) in [5.74, 6) is 0.795. The molecule has 1 aliphatic rings. The standard InChI is InChI=1S/C11H20N4O/c1-8(4-5-16)15-11(6-9-2-3-9)10(7-12)13-14-15/h8-9,16H,2-7,12H2,1H3. The Kier molecular flexibility index (Phi) is 3.56. The first kappa shape index (κ1) is 11.5. The van der Waals surface area contributed by atoms with E-state index < -0.39 is 0 Å². The van der Waals surface area contributed by atoms with Crippen molar-refractivity contribution in [3.05, 3.63) is 11.4 Å². The van der Waals surface area contributed by atoms with Crippen LogP contribution in [0.5, 0.6) is 0 Å². The van der Waals surface area contributed by atoms with Gasteiger partial charge in [-0.3, -0.25) is 0 Å². The van der Waals surface area contributed by atoms with Gasteiger partial charge < -0.3 is 10.8 Å². The van der Waals surface area contributed by atoms with Gasteiger partial charge in [-0.15, -0.1) is 5.10 Å². The third kappa shape index (κ3) is 2.41. The van der Waals surface area contributed by atoms with E-state index in [1.54, 1.807) is 0 Å². The monoisotopic (exact) mass is 224 g/mol. The fourth-order valence-electron chi connectivity index (χ4n) is 1.97. The molecule has 3 N–H and O–H groups in total. The van der Waals surface area contributed by atoms with Crippen molar-refractivity contribution in [3.63, 3.8) is 0 Å². The van der Waals surface area contributed by atoms with Crippen LogP contribution >= 0.6 is 0 Å². The summed E-state index contributed by atoms with van der Waals surface area (Å²) < 4.78 is 1.94. The first-order chi connectivity index (χ1) is 7.76. The van der Waals surface area contributed by atoms with Gasteiger partial charge in [0.1, 0.15) is 0 Å². The Labute approximate surface area is 95.6 Å². The minimum absolute atomic E-state index is 0.182. The van der Waals surface area contributed by atoms with Crippen molar-refractivity contribution in [3.8, 4) is 0 Å². The molecule has 1 aliphatic carbocycles. The molecule has 0 saturated heterocycles. The van der Waals surface area contributed by atoms with E-state index in [2.05, 4.69) is 17.2 Å². The molecule has 0 aliphatic heterocycles. The zero-order valence-electron chi connectivity index (χ0n) is 9.76. The summed E-state index contributed by atoms with van der Waals surface area (Å²) in [6, 6.07) is 0.201. The molecule has 16 heavy (non-hydrogen) atoms. The average Bonchev–Trinajstić information content (AvgIpc) is 2.97. The Morgan fingerprint density at radius 3 is 2.88 bits per heavy atom. The van der Waals surface area contributed by atoms with Crippen molar-refractivity contribution in [2.75, 3.05) is 6.61 Å². The summed E-state index contributed by atoms with van der Waals surface area (Å²) in [5, 5.41) is 17.2. The first-order valence-electron chi connectivity index (χ1n) is 6.00. The summed E-state index contributed by atoms with van der Waals surface area (Å²) in [4.78, 5) is 0. The highest BCUT2D eigenvalue weighted by Crippen LogP contribution is 2.33. The van der Waals surface area contributed by atoms with Gasteiger partial charge in [-0.2, -0.15) is 0 Å². The smallest absolute Gasteiger partial charge is 0.0994 e. The number of rotatable bonds is 6. The highest BCUT2D eigenvalue weighted by Gasteiger charge is 2.26. The van der Waals surface area contributed by atoms with E-state index in [9.17, 15) is 0 Å². The molecule has 1 aromatic rings. The van der Waals surface area contributed by atoms with E-state index in [-0.39, 0.29) is 12.6 Å². The Bertz CT molecular complexity index is 346. The normalized spacial score (nSPS) is 17.7. The van der Waals surface area contributed by atoms with Crippen LogP contribution in [0.3, 0.4) is 0 Å². The molecular formula is C11H20N4O. The number of aliphatic hydroxyl groups is 1. The topological polar surface area (TPSA) is 77.0 Å². The third-order valence-electron chi connectivity index (χ3n) is 3.21. The molecule has 2 rings (SSSR count). The van der Waals surface area contributed by atoms with E-state index in [4.69, 9.17) is 10.8 Å². The summed E-state index contributed by atoms with van der Waals surface area (Å²) in [5.41, 5.74) is 7.75. The molecule has 0 spiro atoms. The maximum absolute atomic E-state index is 8.96. The van der Waals surface area contributed by atoms with Gasteiger partial charge in [-0.05, 0) is 38.5 Å². The molecule has 0 bridgehead atoms. The predicted octanol–water partition coefficient (Wildman–Crippen LogP) is 0.633. The van der Waals surface area contributed by atoms with Crippen molar-refractivity contribution < 1.29 is 5.11 Å². The Hall–Kier alpha value is -0.940. The summed E-state index contributed by atoms with van der Waals surface area (Å²) >= 11 is 0. The number of nitrogens with zero attached hydrogens (tertiary/aromatic N) is 3. The van der Waals surface area contributed by atoms with Gasteiger partial charge in [0.05, 0.1) is 17.4 Å². The van der Waals surface area contributed by atoms with Crippen LogP contribution in [0.4, 0.5) is 0 Å². The molecular weight excluding hydrogens is 204 g/mol. The zero-order chi connectivity index (χ0) is 11.5. The maximum atomic E-state index is 8.96. The molecule has 0 aromatic carbocycles. The van der Waals surface area contributed by atoms with Crippen molar-refractivity contribution >= 4 is 0 Å². The van der Waals surface area contributed by atoms with Gasteiger partial charge in [0.25, 0.3) is 0 Å². The van der Waals surface area contributed by atoms with Crippen molar-refractivity contribution in [1.82, 2.24) is 15.0 Å². The quantitative estimate of drug-likeness (QED) is 0.743. The minimum atomic E-state index is 0.182. The van der Waals surface area contributed by atoms with E-state index in [0.717, 1.165) is 18.0 Å². The maximum Gasteiger partial charge on any atom is 0.0994 e. The van der Waals surface area contributed by atoms with Crippen LogP contribution < -0.4 is 5.73 Å².